The Kier molecular flexibility index (Phi) is 12.7. The average molecular weight is 258 g/mol. The first-order valence-electron chi connectivity index (χ1n) is 1.68. The predicted octanol–water partition coefficient (Wildman–Crippen LogP) is -5.01. The summed E-state index contributed by atoms with van der Waals surface area (Å²) in [5.74, 6) is 0. The van der Waals surface area contributed by atoms with Gasteiger partial charge in [-0.25, -0.2) is 0 Å². The first-order valence-corrected chi connectivity index (χ1v) is 4.13. The summed E-state index contributed by atoms with van der Waals surface area (Å²) >= 11 is 11.5. The third kappa shape index (κ3) is 5.33. The van der Waals surface area contributed by atoms with E-state index in [2.05, 4.69) is 0 Å². The van der Waals surface area contributed by atoms with Gasteiger partial charge in [0, 0.05) is 0 Å². The van der Waals surface area contributed by atoms with Gasteiger partial charge in [0.2, 0.25) is 0 Å². The van der Waals surface area contributed by atoms with Crippen molar-refractivity contribution in [1.29, 1.82) is 0 Å². The van der Waals surface area contributed by atoms with Crippen LogP contribution in [-0.4, -0.2) is 0 Å². The minimum Gasteiger partial charge on any atom is -0.429 e. The molecule has 1 rings (SSSR count). The molecule has 0 aliphatic carbocycles. The Labute approximate surface area is 163 Å². The standard InChI is InChI=1S/C3H2OS4.2K/c4-3-7-1(5)2(6)8-3;;/h5-6H;;/q;2*+1/p-2. The average Bonchev–Trinajstić information content (AvgIpc) is 1.85. The normalized spacial score (nSPS) is 7.60. The van der Waals surface area contributed by atoms with Crippen molar-refractivity contribution in [1.82, 2.24) is 0 Å². The van der Waals surface area contributed by atoms with E-state index in [1.807, 2.05) is 0 Å². The summed E-state index contributed by atoms with van der Waals surface area (Å²) in [6.45, 7) is 0. The van der Waals surface area contributed by atoms with Gasteiger partial charge in [0.1, 0.15) is 4.06 Å². The van der Waals surface area contributed by atoms with Crippen molar-refractivity contribution in [3.63, 3.8) is 0 Å². The fraction of sp³-hybridized carbons (Fsp3) is 0. The van der Waals surface area contributed by atoms with Crippen molar-refractivity contribution in [2.45, 2.75) is 8.42 Å². The summed E-state index contributed by atoms with van der Waals surface area (Å²) in [6, 6.07) is 0. The monoisotopic (exact) mass is 258 g/mol. The predicted molar refractivity (Wildman–Crippen MR) is 39.7 cm³/mol. The van der Waals surface area contributed by atoms with Crippen LogP contribution in [-0.2, 0) is 25.3 Å². The molecule has 0 aliphatic heterocycles. The molecular formula is C3K2OS4. The van der Waals surface area contributed by atoms with E-state index in [9.17, 15) is 4.79 Å². The minimum absolute atomic E-state index is 0. The zero-order valence-electron chi connectivity index (χ0n) is 5.54. The van der Waals surface area contributed by atoms with Crippen LogP contribution in [0.5, 0.6) is 0 Å². The Morgan fingerprint density at radius 3 is 1.40 bits per heavy atom. The van der Waals surface area contributed by atoms with Crippen molar-refractivity contribution in [2.75, 3.05) is 0 Å². The molecule has 7 heteroatoms. The molecule has 0 amide bonds. The Bertz CT molecular complexity index is 218. The second-order valence-corrected chi connectivity index (χ2v) is 4.59. The van der Waals surface area contributed by atoms with Crippen LogP contribution in [0.3, 0.4) is 0 Å². The van der Waals surface area contributed by atoms with Crippen LogP contribution in [0.1, 0.15) is 0 Å². The van der Waals surface area contributed by atoms with Crippen LogP contribution in [0, 0.1) is 0 Å². The van der Waals surface area contributed by atoms with Gasteiger partial charge in [-0.05, 0) is 0 Å². The number of hydrogen-bond donors (Lipinski definition) is 0. The number of rotatable bonds is 0. The quantitative estimate of drug-likeness (QED) is 0.343. The molecule has 10 heavy (non-hydrogen) atoms. The van der Waals surface area contributed by atoms with Crippen LogP contribution >= 0.6 is 22.7 Å². The van der Waals surface area contributed by atoms with E-state index >= 15 is 0 Å². The van der Waals surface area contributed by atoms with E-state index in [0.29, 0.717) is 8.42 Å². The van der Waals surface area contributed by atoms with Gasteiger partial charge in [-0.15, -0.1) is 8.42 Å². The van der Waals surface area contributed by atoms with Gasteiger partial charge in [0.15, 0.2) is 0 Å². The van der Waals surface area contributed by atoms with Crippen LogP contribution < -0.4 is 107 Å². The van der Waals surface area contributed by atoms with Crippen LogP contribution in [0.25, 0.3) is 0 Å². The van der Waals surface area contributed by atoms with Crippen molar-refractivity contribution >= 4 is 47.9 Å². The second kappa shape index (κ2) is 7.92. The van der Waals surface area contributed by atoms with E-state index in [1.165, 1.54) is 0 Å². The Balaban J connectivity index is 0. The van der Waals surface area contributed by atoms with Gasteiger partial charge < -0.3 is 52.7 Å². The molecule has 44 valence electrons. The topological polar surface area (TPSA) is 17.1 Å². The molecule has 0 saturated carbocycles. The molecule has 1 aromatic heterocycles. The van der Waals surface area contributed by atoms with E-state index in [4.69, 9.17) is 25.3 Å². The molecule has 0 bridgehead atoms. The molecule has 0 fully saturated rings. The van der Waals surface area contributed by atoms with Gasteiger partial charge in [0.25, 0.3) is 0 Å². The summed E-state index contributed by atoms with van der Waals surface area (Å²) < 4.78 is 1.10. The molecule has 0 N–H and O–H groups in total. The molecule has 0 atom stereocenters. The fourth-order valence-electron chi connectivity index (χ4n) is 0.256. The molecule has 1 nitrogen and oxygen atoms in total. The van der Waals surface area contributed by atoms with Crippen LogP contribution in [0.4, 0.5) is 0 Å². The van der Waals surface area contributed by atoms with E-state index in [1.54, 1.807) is 0 Å². The van der Waals surface area contributed by atoms with Gasteiger partial charge in [-0.2, -0.15) is 0 Å². The van der Waals surface area contributed by atoms with E-state index in [0.717, 1.165) is 22.7 Å². The molecule has 0 aromatic carbocycles. The summed E-state index contributed by atoms with van der Waals surface area (Å²) in [4.78, 5) is 10.4. The van der Waals surface area contributed by atoms with E-state index < -0.39 is 0 Å². The fourth-order valence-corrected chi connectivity index (χ4v) is 2.66. The summed E-state index contributed by atoms with van der Waals surface area (Å²) in [6.07, 6.45) is 0. The van der Waals surface area contributed by atoms with Gasteiger partial charge in [-0.3, -0.25) is 0 Å². The van der Waals surface area contributed by atoms with Crippen molar-refractivity contribution in [3.8, 4) is 0 Å². The molecule has 0 spiro atoms. The van der Waals surface area contributed by atoms with Crippen LogP contribution in [0.15, 0.2) is 13.2 Å². The maximum Gasteiger partial charge on any atom is 1.00 e. The Hall–Kier alpha value is 3.56. The first kappa shape index (κ1) is 16.0. The van der Waals surface area contributed by atoms with Gasteiger partial charge >= 0.3 is 103 Å². The molecule has 0 unspecified atom stereocenters. The summed E-state index contributed by atoms with van der Waals surface area (Å²) in [5.41, 5.74) is 0. The van der Waals surface area contributed by atoms with Gasteiger partial charge in [-0.1, -0.05) is 0 Å². The molecule has 0 saturated heterocycles. The summed E-state index contributed by atoms with van der Waals surface area (Å²) in [7, 11) is 0. The molecular weight excluding hydrogens is 258 g/mol. The minimum atomic E-state index is 0. The van der Waals surface area contributed by atoms with Crippen molar-refractivity contribution < 1.29 is 103 Å². The smallest absolute Gasteiger partial charge is 0.429 e. The molecule has 0 radical (unpaired) electrons. The molecule has 1 aromatic rings. The largest absolute Gasteiger partial charge is 1.00 e. The van der Waals surface area contributed by atoms with Crippen molar-refractivity contribution in [3.05, 3.63) is 8.85 Å². The molecule has 1 heterocycles. The van der Waals surface area contributed by atoms with Crippen molar-refractivity contribution in [2.24, 2.45) is 0 Å². The molecule has 0 aliphatic rings. The van der Waals surface area contributed by atoms with Gasteiger partial charge in [0.05, 0.1) is 0 Å². The number of hydrogen-bond acceptors (Lipinski definition) is 5. The zero-order chi connectivity index (χ0) is 6.15. The zero-order valence-corrected chi connectivity index (χ0v) is 15.1. The maximum absolute atomic E-state index is 10.4. The Morgan fingerprint density at radius 1 is 1.00 bits per heavy atom. The van der Waals surface area contributed by atoms with Crippen LogP contribution in [0.2, 0.25) is 0 Å². The Morgan fingerprint density at radius 2 is 1.30 bits per heavy atom. The second-order valence-electron chi connectivity index (χ2n) is 1.03. The third-order valence-electron chi connectivity index (χ3n) is 0.519. The first-order chi connectivity index (χ1) is 3.70. The maximum atomic E-state index is 10.4. The van der Waals surface area contributed by atoms with E-state index in [-0.39, 0.29) is 107 Å². The summed E-state index contributed by atoms with van der Waals surface area (Å²) in [5, 5.41) is 0. The third-order valence-corrected chi connectivity index (χ3v) is 3.56. The SMILES string of the molecule is O=c1sc([S-])c([S-])s1.[K+].[K+].